The Hall–Kier alpha value is -0.860. The maximum Gasteiger partial charge on any atom is 0.0699 e. The van der Waals surface area contributed by atoms with Crippen molar-refractivity contribution in [3.05, 3.63) is 35.4 Å². The highest BCUT2D eigenvalue weighted by Crippen LogP contribution is 2.16. The van der Waals surface area contributed by atoms with E-state index in [4.69, 9.17) is 4.74 Å². The van der Waals surface area contributed by atoms with E-state index in [9.17, 15) is 0 Å². The first kappa shape index (κ1) is 15.5. The van der Waals surface area contributed by atoms with Crippen LogP contribution in [-0.4, -0.2) is 19.3 Å². The molecule has 0 amide bonds. The van der Waals surface area contributed by atoms with Crippen LogP contribution in [0, 0.1) is 0 Å². The summed E-state index contributed by atoms with van der Waals surface area (Å²) >= 11 is 0. The summed E-state index contributed by atoms with van der Waals surface area (Å²) < 4.78 is 5.77. The van der Waals surface area contributed by atoms with Gasteiger partial charge >= 0.3 is 0 Å². The van der Waals surface area contributed by atoms with Gasteiger partial charge in [-0.25, -0.2) is 0 Å². The van der Waals surface area contributed by atoms with Crippen molar-refractivity contribution in [1.29, 1.82) is 0 Å². The van der Waals surface area contributed by atoms with Gasteiger partial charge in [0.25, 0.3) is 0 Å². The van der Waals surface area contributed by atoms with Gasteiger partial charge in [-0.1, -0.05) is 37.6 Å². The van der Waals surface area contributed by atoms with Crippen LogP contribution in [-0.2, 0) is 11.2 Å². The first-order chi connectivity index (χ1) is 9.79. The SMILES string of the molecule is CCCCc1ccc(C(C)NCC2CCCCO2)cc1. The number of benzene rings is 1. The van der Waals surface area contributed by atoms with Gasteiger partial charge in [-0.05, 0) is 50.2 Å². The third-order valence-electron chi connectivity index (χ3n) is 4.22. The molecule has 1 saturated heterocycles. The lowest BCUT2D eigenvalue weighted by Crippen LogP contribution is -2.33. The summed E-state index contributed by atoms with van der Waals surface area (Å²) in [7, 11) is 0. The zero-order chi connectivity index (χ0) is 14.2. The molecule has 1 aliphatic rings. The Morgan fingerprint density at radius 2 is 2.05 bits per heavy atom. The standard InChI is InChI=1S/C18H29NO/c1-3-4-7-16-9-11-17(12-10-16)15(2)19-14-18-8-5-6-13-20-18/h9-12,15,18-19H,3-8,13-14H2,1-2H3. The molecule has 112 valence electrons. The van der Waals surface area contributed by atoms with Crippen LogP contribution in [0.3, 0.4) is 0 Å². The highest BCUT2D eigenvalue weighted by molar-refractivity contribution is 5.24. The maximum atomic E-state index is 5.77. The minimum atomic E-state index is 0.403. The van der Waals surface area contributed by atoms with E-state index in [0.29, 0.717) is 12.1 Å². The average Bonchev–Trinajstić information content (AvgIpc) is 2.52. The van der Waals surface area contributed by atoms with Crippen LogP contribution in [0.4, 0.5) is 0 Å². The quantitative estimate of drug-likeness (QED) is 0.803. The largest absolute Gasteiger partial charge is 0.377 e. The molecule has 1 aromatic carbocycles. The van der Waals surface area contributed by atoms with Gasteiger partial charge < -0.3 is 10.1 Å². The van der Waals surface area contributed by atoms with Crippen LogP contribution in [0.2, 0.25) is 0 Å². The summed E-state index contributed by atoms with van der Waals surface area (Å²) in [4.78, 5) is 0. The molecule has 2 nitrogen and oxygen atoms in total. The molecule has 1 aliphatic heterocycles. The maximum absolute atomic E-state index is 5.77. The molecule has 2 rings (SSSR count). The van der Waals surface area contributed by atoms with Gasteiger partial charge in [0, 0.05) is 19.2 Å². The van der Waals surface area contributed by atoms with Crippen molar-refractivity contribution in [3.63, 3.8) is 0 Å². The first-order valence-electron chi connectivity index (χ1n) is 8.23. The predicted octanol–water partition coefficient (Wildman–Crippen LogP) is 4.25. The molecule has 1 N–H and O–H groups in total. The molecule has 0 aromatic heterocycles. The van der Waals surface area contributed by atoms with E-state index in [0.717, 1.165) is 13.2 Å². The van der Waals surface area contributed by atoms with E-state index in [1.807, 2.05) is 0 Å². The van der Waals surface area contributed by atoms with Gasteiger partial charge in [-0.3, -0.25) is 0 Å². The Morgan fingerprint density at radius 1 is 1.25 bits per heavy atom. The summed E-state index contributed by atoms with van der Waals surface area (Å²) in [6.45, 7) is 6.39. The smallest absolute Gasteiger partial charge is 0.0699 e. The Morgan fingerprint density at radius 3 is 2.70 bits per heavy atom. The van der Waals surface area contributed by atoms with Crippen LogP contribution in [0.1, 0.15) is 63.1 Å². The molecule has 20 heavy (non-hydrogen) atoms. The normalized spacial score (nSPS) is 20.8. The van der Waals surface area contributed by atoms with Crippen molar-refractivity contribution in [2.75, 3.05) is 13.2 Å². The van der Waals surface area contributed by atoms with E-state index >= 15 is 0 Å². The Balaban J connectivity index is 1.77. The lowest BCUT2D eigenvalue weighted by Gasteiger charge is -2.25. The fourth-order valence-corrected chi connectivity index (χ4v) is 2.75. The lowest BCUT2D eigenvalue weighted by atomic mass is 10.0. The van der Waals surface area contributed by atoms with Crippen molar-refractivity contribution in [3.8, 4) is 0 Å². The summed E-state index contributed by atoms with van der Waals surface area (Å²) in [6.07, 6.45) is 7.91. The fraction of sp³-hybridized carbons (Fsp3) is 0.667. The van der Waals surface area contributed by atoms with Crippen molar-refractivity contribution in [1.82, 2.24) is 5.32 Å². The Labute approximate surface area is 123 Å². The molecule has 2 atom stereocenters. The molecule has 0 saturated carbocycles. The highest BCUT2D eigenvalue weighted by Gasteiger charge is 2.14. The molecule has 0 radical (unpaired) electrons. The minimum Gasteiger partial charge on any atom is -0.377 e. The molecule has 1 fully saturated rings. The lowest BCUT2D eigenvalue weighted by molar-refractivity contribution is 0.0156. The Bertz CT molecular complexity index is 368. The highest BCUT2D eigenvalue weighted by atomic mass is 16.5. The van der Waals surface area contributed by atoms with Crippen LogP contribution < -0.4 is 5.32 Å². The molecular weight excluding hydrogens is 246 g/mol. The number of nitrogens with one attached hydrogen (secondary N) is 1. The second kappa shape index (κ2) is 8.43. The third-order valence-corrected chi connectivity index (χ3v) is 4.22. The van der Waals surface area contributed by atoms with Crippen molar-refractivity contribution >= 4 is 0 Å². The molecule has 2 unspecified atom stereocenters. The second-order valence-electron chi connectivity index (χ2n) is 5.96. The van der Waals surface area contributed by atoms with Gasteiger partial charge in [-0.15, -0.1) is 0 Å². The van der Waals surface area contributed by atoms with Crippen molar-refractivity contribution in [2.24, 2.45) is 0 Å². The summed E-state index contributed by atoms with van der Waals surface area (Å²) in [5, 5.41) is 3.61. The number of aryl methyl sites for hydroxylation is 1. The van der Waals surface area contributed by atoms with Crippen molar-refractivity contribution in [2.45, 2.75) is 64.5 Å². The zero-order valence-corrected chi connectivity index (χ0v) is 13.0. The molecule has 1 heterocycles. The van der Waals surface area contributed by atoms with E-state index in [2.05, 4.69) is 43.4 Å². The minimum absolute atomic E-state index is 0.403. The van der Waals surface area contributed by atoms with E-state index < -0.39 is 0 Å². The van der Waals surface area contributed by atoms with Gasteiger partial charge in [0.15, 0.2) is 0 Å². The van der Waals surface area contributed by atoms with Crippen LogP contribution in [0.15, 0.2) is 24.3 Å². The second-order valence-corrected chi connectivity index (χ2v) is 5.96. The van der Waals surface area contributed by atoms with Crippen LogP contribution in [0.25, 0.3) is 0 Å². The summed E-state index contributed by atoms with van der Waals surface area (Å²) in [6, 6.07) is 9.50. The number of rotatable bonds is 7. The number of ether oxygens (including phenoxy) is 1. The average molecular weight is 275 g/mol. The zero-order valence-electron chi connectivity index (χ0n) is 13.0. The third kappa shape index (κ3) is 4.92. The van der Waals surface area contributed by atoms with E-state index in [1.165, 1.54) is 49.7 Å². The predicted molar refractivity (Wildman–Crippen MR) is 85.1 cm³/mol. The van der Waals surface area contributed by atoms with Gasteiger partial charge in [-0.2, -0.15) is 0 Å². The van der Waals surface area contributed by atoms with Crippen LogP contribution in [0.5, 0.6) is 0 Å². The van der Waals surface area contributed by atoms with Gasteiger partial charge in [0.1, 0.15) is 0 Å². The van der Waals surface area contributed by atoms with Gasteiger partial charge in [0.05, 0.1) is 6.10 Å². The molecular formula is C18H29NO. The molecule has 1 aromatic rings. The topological polar surface area (TPSA) is 21.3 Å². The van der Waals surface area contributed by atoms with E-state index in [-0.39, 0.29) is 0 Å². The fourth-order valence-electron chi connectivity index (χ4n) is 2.75. The van der Waals surface area contributed by atoms with Gasteiger partial charge in [0.2, 0.25) is 0 Å². The number of hydrogen-bond acceptors (Lipinski definition) is 2. The summed E-state index contributed by atoms with van der Waals surface area (Å²) in [5.41, 5.74) is 2.83. The van der Waals surface area contributed by atoms with E-state index in [1.54, 1.807) is 0 Å². The number of unbranched alkanes of at least 4 members (excludes halogenated alkanes) is 1. The first-order valence-corrected chi connectivity index (χ1v) is 8.23. The van der Waals surface area contributed by atoms with Crippen LogP contribution >= 0.6 is 0 Å². The Kier molecular flexibility index (Phi) is 6.55. The molecule has 2 heteroatoms. The summed E-state index contributed by atoms with van der Waals surface area (Å²) in [5.74, 6) is 0. The molecule has 0 spiro atoms. The monoisotopic (exact) mass is 275 g/mol. The molecule has 0 bridgehead atoms. The molecule has 0 aliphatic carbocycles. The number of hydrogen-bond donors (Lipinski definition) is 1. The van der Waals surface area contributed by atoms with Crippen molar-refractivity contribution < 1.29 is 4.74 Å².